The van der Waals surface area contributed by atoms with Crippen LogP contribution in [0.25, 0.3) is 11.3 Å². The summed E-state index contributed by atoms with van der Waals surface area (Å²) in [4.78, 5) is 2.26. The first kappa shape index (κ1) is 23.4. The van der Waals surface area contributed by atoms with E-state index in [4.69, 9.17) is 14.6 Å². The maximum atomic E-state index is 14.4. The van der Waals surface area contributed by atoms with Crippen LogP contribution in [0.2, 0.25) is 0 Å². The molecule has 0 unspecified atom stereocenters. The lowest BCUT2D eigenvalue weighted by Crippen LogP contribution is -2.36. The molecule has 1 fully saturated rings. The average molecular weight is 454 g/mol. The van der Waals surface area contributed by atoms with Gasteiger partial charge in [0.05, 0.1) is 24.4 Å². The normalized spacial score (nSPS) is 14.8. The third-order valence-corrected chi connectivity index (χ3v) is 5.67. The van der Waals surface area contributed by atoms with Crippen LogP contribution in [0.3, 0.4) is 0 Å². The summed E-state index contributed by atoms with van der Waals surface area (Å²) in [7, 11) is 1.80. The zero-order valence-electron chi connectivity index (χ0n) is 19.4. The van der Waals surface area contributed by atoms with E-state index in [9.17, 15) is 9.50 Å². The molecule has 0 aliphatic heterocycles. The van der Waals surface area contributed by atoms with Crippen molar-refractivity contribution < 1.29 is 19.0 Å². The molecule has 6 nitrogen and oxygen atoms in total. The maximum Gasteiger partial charge on any atom is 0.222 e. The van der Waals surface area contributed by atoms with E-state index in [0.29, 0.717) is 25.0 Å². The third kappa shape index (κ3) is 5.99. The SMILES string of the molecule is CC(C)OC[C@H](O)CN(Cc1c(-c2ccccc2)nn(C)c1Oc1ccccc1F)C1CC1. The van der Waals surface area contributed by atoms with Gasteiger partial charge in [-0.2, -0.15) is 5.10 Å². The van der Waals surface area contributed by atoms with Gasteiger partial charge in [-0.25, -0.2) is 9.07 Å². The first-order valence-corrected chi connectivity index (χ1v) is 11.5. The minimum Gasteiger partial charge on any atom is -0.436 e. The molecular weight excluding hydrogens is 421 g/mol. The van der Waals surface area contributed by atoms with Gasteiger partial charge in [0.2, 0.25) is 5.88 Å². The van der Waals surface area contributed by atoms with E-state index in [1.54, 1.807) is 29.9 Å². The van der Waals surface area contributed by atoms with Crippen molar-refractivity contribution in [3.63, 3.8) is 0 Å². The Morgan fingerprint density at radius 3 is 2.48 bits per heavy atom. The number of benzene rings is 2. The maximum absolute atomic E-state index is 14.4. The monoisotopic (exact) mass is 453 g/mol. The number of halogens is 1. The van der Waals surface area contributed by atoms with Gasteiger partial charge in [0.15, 0.2) is 11.6 Å². The molecule has 3 aromatic rings. The van der Waals surface area contributed by atoms with E-state index >= 15 is 0 Å². The summed E-state index contributed by atoms with van der Waals surface area (Å²) in [6.07, 6.45) is 1.64. The molecule has 1 aromatic heterocycles. The van der Waals surface area contributed by atoms with E-state index in [1.807, 2.05) is 44.2 Å². The van der Waals surface area contributed by atoms with Gasteiger partial charge in [-0.1, -0.05) is 42.5 Å². The highest BCUT2D eigenvalue weighted by molar-refractivity contribution is 5.65. The topological polar surface area (TPSA) is 59.8 Å². The number of hydrogen-bond acceptors (Lipinski definition) is 5. The molecule has 176 valence electrons. The van der Waals surface area contributed by atoms with Gasteiger partial charge in [-0.3, -0.25) is 4.90 Å². The molecule has 1 heterocycles. The zero-order valence-corrected chi connectivity index (χ0v) is 19.4. The van der Waals surface area contributed by atoms with Gasteiger partial charge < -0.3 is 14.6 Å². The Labute approximate surface area is 194 Å². The van der Waals surface area contributed by atoms with Gasteiger partial charge in [0.25, 0.3) is 0 Å². The number of nitrogens with zero attached hydrogens (tertiary/aromatic N) is 3. The van der Waals surface area contributed by atoms with Crippen LogP contribution in [0.15, 0.2) is 54.6 Å². The molecular formula is C26H32FN3O3. The van der Waals surface area contributed by atoms with Crippen molar-refractivity contribution in [3.05, 3.63) is 66.0 Å². The van der Waals surface area contributed by atoms with Gasteiger partial charge in [-0.15, -0.1) is 0 Å². The second kappa shape index (κ2) is 10.5. The molecule has 1 atom stereocenters. The number of para-hydroxylation sites is 1. The summed E-state index contributed by atoms with van der Waals surface area (Å²) in [6, 6.07) is 16.7. The highest BCUT2D eigenvalue weighted by atomic mass is 19.1. The van der Waals surface area contributed by atoms with E-state index in [2.05, 4.69) is 4.90 Å². The first-order chi connectivity index (χ1) is 15.9. The minimum absolute atomic E-state index is 0.0674. The number of hydrogen-bond donors (Lipinski definition) is 1. The Hall–Kier alpha value is -2.74. The standard InChI is InChI=1S/C26H32FN3O3/c1-18(2)32-17-21(31)15-30(20-13-14-20)16-22-25(19-9-5-4-6-10-19)28-29(3)26(22)33-24-12-8-7-11-23(24)27/h4-12,18,20-21,31H,13-17H2,1-3H3/t21-/m1/s1. The summed E-state index contributed by atoms with van der Waals surface area (Å²) in [6.45, 7) is 5.22. The second-order valence-corrected chi connectivity index (χ2v) is 8.85. The van der Waals surface area contributed by atoms with Crippen LogP contribution in [0, 0.1) is 5.82 Å². The largest absolute Gasteiger partial charge is 0.436 e. The van der Waals surface area contributed by atoms with Gasteiger partial charge >= 0.3 is 0 Å². The van der Waals surface area contributed by atoms with Crippen molar-refractivity contribution in [2.75, 3.05) is 13.2 Å². The van der Waals surface area contributed by atoms with E-state index in [-0.39, 0.29) is 18.5 Å². The molecule has 0 bridgehead atoms. The number of aryl methyl sites for hydroxylation is 1. The number of ether oxygens (including phenoxy) is 2. The van der Waals surface area contributed by atoms with Crippen LogP contribution in [-0.2, 0) is 18.3 Å². The molecule has 1 saturated carbocycles. The van der Waals surface area contributed by atoms with Gasteiger partial charge in [0, 0.05) is 31.7 Å². The van der Waals surface area contributed by atoms with Crippen LogP contribution in [-0.4, -0.2) is 51.2 Å². The summed E-state index contributed by atoms with van der Waals surface area (Å²) in [5.41, 5.74) is 2.63. The minimum atomic E-state index is -0.596. The summed E-state index contributed by atoms with van der Waals surface area (Å²) in [5.74, 6) is 0.230. The quantitative estimate of drug-likeness (QED) is 0.453. The number of aliphatic hydroxyl groups excluding tert-OH is 1. The molecule has 2 aromatic carbocycles. The second-order valence-electron chi connectivity index (χ2n) is 8.85. The number of aliphatic hydroxyl groups is 1. The lowest BCUT2D eigenvalue weighted by molar-refractivity contribution is -0.0107. The highest BCUT2D eigenvalue weighted by Gasteiger charge is 2.33. The van der Waals surface area contributed by atoms with Gasteiger partial charge in [-0.05, 0) is 38.8 Å². The lowest BCUT2D eigenvalue weighted by Gasteiger charge is -2.26. The van der Waals surface area contributed by atoms with Crippen LogP contribution in [0.5, 0.6) is 11.6 Å². The fraction of sp³-hybridized carbons (Fsp3) is 0.423. The molecule has 1 aliphatic carbocycles. The van der Waals surface area contributed by atoms with Crippen molar-refractivity contribution in [3.8, 4) is 22.9 Å². The molecule has 0 saturated heterocycles. The zero-order chi connectivity index (χ0) is 23.4. The third-order valence-electron chi connectivity index (χ3n) is 5.67. The Kier molecular flexibility index (Phi) is 7.42. The Bertz CT molecular complexity index is 1050. The molecule has 7 heteroatoms. The summed E-state index contributed by atoms with van der Waals surface area (Å²) >= 11 is 0. The molecule has 0 radical (unpaired) electrons. The van der Waals surface area contributed by atoms with Crippen molar-refractivity contribution in [1.29, 1.82) is 0 Å². The van der Waals surface area contributed by atoms with Crippen molar-refractivity contribution >= 4 is 0 Å². The lowest BCUT2D eigenvalue weighted by atomic mass is 10.1. The molecule has 0 spiro atoms. The van der Waals surface area contributed by atoms with Crippen molar-refractivity contribution in [2.24, 2.45) is 7.05 Å². The smallest absolute Gasteiger partial charge is 0.222 e. The Morgan fingerprint density at radius 1 is 1.12 bits per heavy atom. The van der Waals surface area contributed by atoms with E-state index in [0.717, 1.165) is 29.7 Å². The molecule has 1 aliphatic rings. The van der Waals surface area contributed by atoms with Crippen LogP contribution < -0.4 is 4.74 Å². The molecule has 1 N–H and O–H groups in total. The van der Waals surface area contributed by atoms with Crippen LogP contribution in [0.4, 0.5) is 4.39 Å². The highest BCUT2D eigenvalue weighted by Crippen LogP contribution is 2.37. The van der Waals surface area contributed by atoms with E-state index < -0.39 is 11.9 Å². The summed E-state index contributed by atoms with van der Waals surface area (Å²) < 4.78 is 27.7. The van der Waals surface area contributed by atoms with E-state index in [1.165, 1.54) is 6.07 Å². The predicted octanol–water partition coefficient (Wildman–Crippen LogP) is 4.77. The average Bonchev–Trinajstić information content (AvgIpc) is 3.60. The predicted molar refractivity (Wildman–Crippen MR) is 126 cm³/mol. The van der Waals surface area contributed by atoms with Crippen molar-refractivity contribution in [1.82, 2.24) is 14.7 Å². The number of rotatable bonds is 11. The first-order valence-electron chi connectivity index (χ1n) is 11.5. The molecule has 33 heavy (non-hydrogen) atoms. The molecule has 0 amide bonds. The van der Waals surface area contributed by atoms with Gasteiger partial charge in [0.1, 0.15) is 5.69 Å². The van der Waals surface area contributed by atoms with Crippen LogP contribution >= 0.6 is 0 Å². The van der Waals surface area contributed by atoms with Crippen molar-refractivity contribution in [2.45, 2.75) is 51.5 Å². The summed E-state index contributed by atoms with van der Waals surface area (Å²) in [5, 5.41) is 15.3. The fourth-order valence-electron chi connectivity index (χ4n) is 3.89. The van der Waals surface area contributed by atoms with Crippen LogP contribution in [0.1, 0.15) is 32.3 Å². The Morgan fingerprint density at radius 2 is 1.82 bits per heavy atom. The molecule has 4 rings (SSSR count). The fourth-order valence-corrected chi connectivity index (χ4v) is 3.89. The Balaban J connectivity index is 1.66. The number of aromatic nitrogens is 2.